The van der Waals surface area contributed by atoms with Gasteiger partial charge in [-0.25, -0.2) is 4.79 Å². The third kappa shape index (κ3) is 1.38. The molecule has 0 spiro atoms. The molecule has 1 saturated heterocycles. The first-order valence-electron chi connectivity index (χ1n) is 6.58. The van der Waals surface area contributed by atoms with Crippen LogP contribution in [0.2, 0.25) is 0 Å². The molecule has 0 N–H and O–H groups in total. The number of hydrogen-bond acceptors (Lipinski definition) is 4. The lowest BCUT2D eigenvalue weighted by Gasteiger charge is -2.34. The van der Waals surface area contributed by atoms with Crippen molar-refractivity contribution in [3.63, 3.8) is 0 Å². The number of hydrogen-bond donors (Lipinski definition) is 0. The number of esters is 2. The van der Waals surface area contributed by atoms with Crippen LogP contribution in [-0.4, -0.2) is 24.1 Å². The van der Waals surface area contributed by atoms with Crippen molar-refractivity contribution in [3.8, 4) is 0 Å². The van der Waals surface area contributed by atoms with Gasteiger partial charge in [-0.2, -0.15) is 0 Å². The van der Waals surface area contributed by atoms with Gasteiger partial charge in [0.25, 0.3) is 0 Å². The SMILES string of the molecule is CC(C)COC(=O)[C@@]12CC[C@@](C)(C(=O)O1)C2(C)C. The van der Waals surface area contributed by atoms with Crippen LogP contribution in [0.15, 0.2) is 0 Å². The molecule has 2 atom stereocenters. The van der Waals surface area contributed by atoms with Gasteiger partial charge in [0.1, 0.15) is 0 Å². The van der Waals surface area contributed by atoms with Crippen molar-refractivity contribution < 1.29 is 19.1 Å². The zero-order valence-electron chi connectivity index (χ0n) is 11.8. The van der Waals surface area contributed by atoms with Crippen LogP contribution in [0, 0.1) is 16.7 Å². The molecule has 1 aliphatic carbocycles. The molecular weight excluding hydrogens is 232 g/mol. The predicted molar refractivity (Wildman–Crippen MR) is 65.7 cm³/mol. The molecular formula is C14H22O4. The van der Waals surface area contributed by atoms with Crippen LogP contribution in [0.3, 0.4) is 0 Å². The number of carbonyl (C=O) groups excluding carboxylic acids is 2. The Bertz CT molecular complexity index is 399. The van der Waals surface area contributed by atoms with Crippen molar-refractivity contribution in [2.24, 2.45) is 16.7 Å². The topological polar surface area (TPSA) is 52.6 Å². The summed E-state index contributed by atoms with van der Waals surface area (Å²) in [6.07, 6.45) is 1.26. The summed E-state index contributed by atoms with van der Waals surface area (Å²) in [4.78, 5) is 24.3. The average Bonchev–Trinajstić information content (AvgIpc) is 2.56. The fourth-order valence-electron chi connectivity index (χ4n) is 3.06. The number of fused-ring (bicyclic) bond motifs is 2. The zero-order valence-corrected chi connectivity index (χ0v) is 11.8. The number of carbonyl (C=O) groups is 2. The molecule has 4 nitrogen and oxygen atoms in total. The van der Waals surface area contributed by atoms with Crippen LogP contribution in [0.25, 0.3) is 0 Å². The monoisotopic (exact) mass is 254 g/mol. The first-order chi connectivity index (χ1) is 8.17. The summed E-state index contributed by atoms with van der Waals surface area (Å²) >= 11 is 0. The Balaban J connectivity index is 2.27. The Morgan fingerprint density at radius 3 is 2.33 bits per heavy atom. The van der Waals surface area contributed by atoms with Crippen molar-refractivity contribution in [1.82, 2.24) is 0 Å². The van der Waals surface area contributed by atoms with Crippen LogP contribution in [0.5, 0.6) is 0 Å². The van der Waals surface area contributed by atoms with E-state index in [0.717, 1.165) is 0 Å². The number of ether oxygens (including phenoxy) is 2. The molecule has 2 rings (SSSR count). The van der Waals surface area contributed by atoms with Gasteiger partial charge < -0.3 is 9.47 Å². The van der Waals surface area contributed by atoms with Crippen molar-refractivity contribution in [1.29, 1.82) is 0 Å². The molecule has 2 bridgehead atoms. The van der Waals surface area contributed by atoms with Crippen molar-refractivity contribution in [2.45, 2.75) is 53.1 Å². The van der Waals surface area contributed by atoms with Gasteiger partial charge in [0.05, 0.1) is 12.0 Å². The minimum absolute atomic E-state index is 0.264. The lowest BCUT2D eigenvalue weighted by Crippen LogP contribution is -2.49. The quantitative estimate of drug-likeness (QED) is 0.725. The van der Waals surface area contributed by atoms with E-state index < -0.39 is 16.4 Å². The van der Waals surface area contributed by atoms with Gasteiger partial charge in [0.15, 0.2) is 0 Å². The second kappa shape index (κ2) is 3.72. The largest absolute Gasteiger partial charge is 0.462 e. The smallest absolute Gasteiger partial charge is 0.351 e. The highest BCUT2D eigenvalue weighted by molar-refractivity contribution is 5.93. The summed E-state index contributed by atoms with van der Waals surface area (Å²) in [5.74, 6) is -0.366. The molecule has 0 aromatic rings. The fraction of sp³-hybridized carbons (Fsp3) is 0.857. The van der Waals surface area contributed by atoms with Gasteiger partial charge in [0, 0.05) is 5.41 Å². The molecule has 0 aromatic heterocycles. The van der Waals surface area contributed by atoms with E-state index in [0.29, 0.717) is 19.4 Å². The summed E-state index contributed by atoms with van der Waals surface area (Å²) in [6, 6.07) is 0. The van der Waals surface area contributed by atoms with Crippen molar-refractivity contribution in [2.75, 3.05) is 6.61 Å². The Hall–Kier alpha value is -1.06. The van der Waals surface area contributed by atoms with E-state index in [4.69, 9.17) is 9.47 Å². The summed E-state index contributed by atoms with van der Waals surface area (Å²) in [5.41, 5.74) is -2.15. The van der Waals surface area contributed by atoms with Crippen molar-refractivity contribution >= 4 is 11.9 Å². The Kier molecular flexibility index (Phi) is 2.76. The second-order valence-electron chi connectivity index (χ2n) is 6.67. The molecule has 0 amide bonds. The van der Waals surface area contributed by atoms with Gasteiger partial charge in [-0.15, -0.1) is 0 Å². The maximum Gasteiger partial charge on any atom is 0.351 e. The average molecular weight is 254 g/mol. The van der Waals surface area contributed by atoms with E-state index in [9.17, 15) is 9.59 Å². The van der Waals surface area contributed by atoms with E-state index in [2.05, 4.69) is 0 Å². The van der Waals surface area contributed by atoms with Gasteiger partial charge in [-0.3, -0.25) is 4.79 Å². The molecule has 18 heavy (non-hydrogen) atoms. The molecule has 0 unspecified atom stereocenters. The Morgan fingerprint density at radius 1 is 1.33 bits per heavy atom. The lowest BCUT2D eigenvalue weighted by atomic mass is 9.66. The molecule has 0 radical (unpaired) electrons. The standard InChI is InChI=1S/C14H22O4/c1-9(2)8-17-11(16)14-7-6-13(5,10(15)18-14)12(14,3)4/h9H,6-8H2,1-5H3/t13-,14+/m0/s1. The molecule has 102 valence electrons. The van der Waals surface area contributed by atoms with Crippen LogP contribution in [-0.2, 0) is 19.1 Å². The van der Waals surface area contributed by atoms with Crippen LogP contribution >= 0.6 is 0 Å². The summed E-state index contributed by atoms with van der Waals surface area (Å²) in [6.45, 7) is 10.1. The molecule has 2 aliphatic rings. The number of rotatable bonds is 3. The van der Waals surface area contributed by atoms with Gasteiger partial charge in [0.2, 0.25) is 5.60 Å². The van der Waals surface area contributed by atoms with E-state index in [-0.39, 0.29) is 17.9 Å². The Labute approximate surface area is 108 Å². The third-order valence-corrected chi connectivity index (χ3v) is 4.96. The third-order valence-electron chi connectivity index (χ3n) is 4.96. The van der Waals surface area contributed by atoms with Gasteiger partial charge >= 0.3 is 11.9 Å². The van der Waals surface area contributed by atoms with E-state index in [1.165, 1.54) is 0 Å². The normalized spacial score (nSPS) is 36.9. The molecule has 1 saturated carbocycles. The molecule has 1 heterocycles. The summed E-state index contributed by atoms with van der Waals surface area (Å²) in [5, 5.41) is 0. The maximum atomic E-state index is 12.3. The fourth-order valence-corrected chi connectivity index (χ4v) is 3.06. The first kappa shape index (κ1) is 13.4. The molecule has 0 aromatic carbocycles. The first-order valence-corrected chi connectivity index (χ1v) is 6.58. The van der Waals surface area contributed by atoms with Gasteiger partial charge in [-0.05, 0) is 25.7 Å². The predicted octanol–water partition coefficient (Wildman–Crippen LogP) is 2.31. The highest BCUT2D eigenvalue weighted by Crippen LogP contribution is 2.65. The summed E-state index contributed by atoms with van der Waals surface area (Å²) in [7, 11) is 0. The summed E-state index contributed by atoms with van der Waals surface area (Å²) < 4.78 is 10.8. The second-order valence-corrected chi connectivity index (χ2v) is 6.67. The highest BCUT2D eigenvalue weighted by Gasteiger charge is 2.76. The van der Waals surface area contributed by atoms with E-state index in [1.807, 2.05) is 34.6 Å². The molecule has 4 heteroatoms. The van der Waals surface area contributed by atoms with Gasteiger partial charge in [-0.1, -0.05) is 27.7 Å². The molecule has 2 fully saturated rings. The minimum atomic E-state index is -1.08. The molecule has 1 aliphatic heterocycles. The van der Waals surface area contributed by atoms with Crippen LogP contribution in [0.4, 0.5) is 0 Å². The lowest BCUT2D eigenvalue weighted by molar-refractivity contribution is -0.183. The maximum absolute atomic E-state index is 12.3. The van der Waals surface area contributed by atoms with Crippen molar-refractivity contribution in [3.05, 3.63) is 0 Å². The zero-order chi connectivity index (χ0) is 13.8. The van der Waals surface area contributed by atoms with Crippen LogP contribution in [0.1, 0.15) is 47.5 Å². The van der Waals surface area contributed by atoms with Crippen LogP contribution < -0.4 is 0 Å². The Morgan fingerprint density at radius 2 is 1.94 bits per heavy atom. The van der Waals surface area contributed by atoms with E-state index >= 15 is 0 Å². The minimum Gasteiger partial charge on any atom is -0.462 e. The highest BCUT2D eigenvalue weighted by atomic mass is 16.6. The van der Waals surface area contributed by atoms with E-state index in [1.54, 1.807) is 0 Å².